The van der Waals surface area contributed by atoms with Gasteiger partial charge in [0.2, 0.25) is 0 Å². The molecule has 0 fully saturated rings. The molecule has 1 N–H and O–H groups in total. The molecule has 0 spiro atoms. The van der Waals surface area contributed by atoms with Gasteiger partial charge in [0.25, 0.3) is 0 Å². The Labute approximate surface area is 152 Å². The van der Waals surface area contributed by atoms with Crippen molar-refractivity contribution in [2.75, 3.05) is 0 Å². The minimum absolute atomic E-state index is 0.298. The van der Waals surface area contributed by atoms with E-state index >= 15 is 0 Å². The Bertz CT molecular complexity index is 1080. The molecule has 0 aliphatic rings. The Kier molecular flexibility index (Phi) is 4.24. The van der Waals surface area contributed by atoms with Crippen LogP contribution in [0.4, 0.5) is 0 Å². The molecular weight excluding hydrogens is 320 g/mol. The molecule has 4 aromatic rings. The number of carbonyl (C=O) groups is 1. The number of phenols is 1. The van der Waals surface area contributed by atoms with Crippen LogP contribution in [0.25, 0.3) is 21.9 Å². The zero-order chi connectivity index (χ0) is 17.9. The molecule has 0 bridgehead atoms. The fourth-order valence-corrected chi connectivity index (χ4v) is 3.39. The summed E-state index contributed by atoms with van der Waals surface area (Å²) in [7, 11) is 0. The number of hydrogen-bond acceptors (Lipinski definition) is 2. The van der Waals surface area contributed by atoms with Crippen molar-refractivity contribution < 1.29 is 9.90 Å². The summed E-state index contributed by atoms with van der Waals surface area (Å²) in [5.74, 6) is 0.298. The molecule has 0 saturated carbocycles. The molecule has 2 heteroatoms. The Morgan fingerprint density at radius 1 is 0.769 bits per heavy atom. The average molecular weight is 338 g/mol. The van der Waals surface area contributed by atoms with Crippen molar-refractivity contribution in [3.8, 4) is 16.9 Å². The molecule has 0 aliphatic heterocycles. The number of phenolic OH excluding ortho intramolecular Hbond substituents is 1. The van der Waals surface area contributed by atoms with Gasteiger partial charge in [-0.25, -0.2) is 0 Å². The maximum atomic E-state index is 11.3. The van der Waals surface area contributed by atoms with E-state index in [0.717, 1.165) is 39.3 Å². The van der Waals surface area contributed by atoms with Crippen molar-refractivity contribution in [3.05, 3.63) is 102 Å². The lowest BCUT2D eigenvalue weighted by molar-refractivity contribution is 0.112. The smallest absolute Gasteiger partial charge is 0.150 e. The summed E-state index contributed by atoms with van der Waals surface area (Å²) in [6.45, 7) is 0. The van der Waals surface area contributed by atoms with Crippen molar-refractivity contribution in [3.63, 3.8) is 0 Å². The number of rotatable bonds is 4. The van der Waals surface area contributed by atoms with Crippen molar-refractivity contribution in [2.45, 2.75) is 6.42 Å². The van der Waals surface area contributed by atoms with Gasteiger partial charge in [0.1, 0.15) is 5.75 Å². The Morgan fingerprint density at radius 2 is 1.50 bits per heavy atom. The average Bonchev–Trinajstić information content (AvgIpc) is 2.70. The van der Waals surface area contributed by atoms with Crippen LogP contribution in [0.5, 0.6) is 5.75 Å². The third-order valence-electron chi connectivity index (χ3n) is 4.71. The van der Waals surface area contributed by atoms with Crippen molar-refractivity contribution in [2.24, 2.45) is 0 Å². The van der Waals surface area contributed by atoms with Gasteiger partial charge in [0.15, 0.2) is 6.29 Å². The fourth-order valence-electron chi connectivity index (χ4n) is 3.39. The summed E-state index contributed by atoms with van der Waals surface area (Å²) >= 11 is 0. The van der Waals surface area contributed by atoms with E-state index in [4.69, 9.17) is 0 Å². The second kappa shape index (κ2) is 6.85. The van der Waals surface area contributed by atoms with Gasteiger partial charge in [-0.05, 0) is 45.2 Å². The van der Waals surface area contributed by atoms with E-state index in [1.54, 1.807) is 6.07 Å². The molecule has 0 amide bonds. The van der Waals surface area contributed by atoms with Gasteiger partial charge in [-0.15, -0.1) is 0 Å². The van der Waals surface area contributed by atoms with E-state index in [1.807, 2.05) is 66.7 Å². The van der Waals surface area contributed by atoms with E-state index < -0.39 is 0 Å². The summed E-state index contributed by atoms with van der Waals surface area (Å²) in [5.41, 5.74) is 4.81. The van der Waals surface area contributed by atoms with Crippen molar-refractivity contribution >= 4 is 17.1 Å². The largest absolute Gasteiger partial charge is 0.508 e. The molecule has 4 aromatic carbocycles. The van der Waals surface area contributed by atoms with Gasteiger partial charge in [0, 0.05) is 12.0 Å². The van der Waals surface area contributed by atoms with Crippen LogP contribution >= 0.6 is 0 Å². The van der Waals surface area contributed by atoms with Crippen LogP contribution in [-0.4, -0.2) is 11.4 Å². The highest BCUT2D eigenvalue weighted by Crippen LogP contribution is 2.33. The first kappa shape index (κ1) is 16.1. The van der Waals surface area contributed by atoms with Crippen LogP contribution in [0.2, 0.25) is 0 Å². The van der Waals surface area contributed by atoms with Gasteiger partial charge in [0.05, 0.1) is 0 Å². The van der Waals surface area contributed by atoms with Crippen LogP contribution in [0.1, 0.15) is 21.5 Å². The van der Waals surface area contributed by atoms with Gasteiger partial charge >= 0.3 is 0 Å². The molecule has 0 unspecified atom stereocenters. The minimum Gasteiger partial charge on any atom is -0.508 e. The molecule has 0 atom stereocenters. The minimum atomic E-state index is 0.298. The first-order valence-electron chi connectivity index (χ1n) is 8.59. The Hall–Kier alpha value is -3.39. The monoisotopic (exact) mass is 338 g/mol. The van der Waals surface area contributed by atoms with Crippen LogP contribution in [-0.2, 0) is 6.42 Å². The quantitative estimate of drug-likeness (QED) is 0.491. The molecule has 0 radical (unpaired) electrons. The topological polar surface area (TPSA) is 37.3 Å². The molecule has 4 rings (SSSR count). The van der Waals surface area contributed by atoms with Crippen LogP contribution in [0, 0.1) is 0 Å². The summed E-state index contributed by atoms with van der Waals surface area (Å²) < 4.78 is 0. The number of fused-ring (bicyclic) bond motifs is 1. The SMILES string of the molecule is O=Cc1ccc(-c2ccc(O)c(Cc3ccccc3)c2)c2ccccc12. The number of benzene rings is 4. The molecule has 26 heavy (non-hydrogen) atoms. The second-order valence-electron chi connectivity index (χ2n) is 6.37. The van der Waals surface area contributed by atoms with E-state index in [2.05, 4.69) is 12.1 Å². The lowest BCUT2D eigenvalue weighted by Gasteiger charge is -2.12. The zero-order valence-electron chi connectivity index (χ0n) is 14.2. The number of carbonyl (C=O) groups excluding carboxylic acids is 1. The van der Waals surface area contributed by atoms with E-state index in [-0.39, 0.29) is 0 Å². The molecule has 0 aromatic heterocycles. The highest BCUT2D eigenvalue weighted by atomic mass is 16.3. The predicted octanol–water partition coefficient (Wildman–Crippen LogP) is 5.62. The first-order valence-corrected chi connectivity index (χ1v) is 8.59. The third kappa shape index (κ3) is 2.98. The molecular formula is C24H18O2. The van der Waals surface area contributed by atoms with Gasteiger partial charge < -0.3 is 5.11 Å². The van der Waals surface area contributed by atoms with E-state index in [1.165, 1.54) is 0 Å². The second-order valence-corrected chi connectivity index (χ2v) is 6.37. The maximum Gasteiger partial charge on any atom is 0.150 e. The predicted molar refractivity (Wildman–Crippen MR) is 106 cm³/mol. The lowest BCUT2D eigenvalue weighted by Crippen LogP contribution is -1.91. The fraction of sp³-hybridized carbons (Fsp3) is 0.0417. The molecule has 0 saturated heterocycles. The summed E-state index contributed by atoms with van der Waals surface area (Å²) in [6.07, 6.45) is 1.56. The standard InChI is InChI=1S/C24H18O2/c25-16-19-10-12-22(23-9-5-4-8-21(19)23)18-11-13-24(26)20(15-18)14-17-6-2-1-3-7-17/h1-13,15-16,26H,14H2. The van der Waals surface area contributed by atoms with E-state index in [9.17, 15) is 9.90 Å². The van der Waals surface area contributed by atoms with Crippen molar-refractivity contribution in [1.29, 1.82) is 0 Å². The summed E-state index contributed by atoms with van der Waals surface area (Å²) in [5, 5.41) is 12.3. The van der Waals surface area contributed by atoms with Gasteiger partial charge in [-0.1, -0.05) is 72.8 Å². The zero-order valence-corrected chi connectivity index (χ0v) is 14.2. The first-order chi connectivity index (χ1) is 12.8. The van der Waals surface area contributed by atoms with Crippen molar-refractivity contribution in [1.82, 2.24) is 0 Å². The number of hydrogen-bond donors (Lipinski definition) is 1. The highest BCUT2D eigenvalue weighted by molar-refractivity contribution is 6.05. The normalized spacial score (nSPS) is 10.8. The van der Waals surface area contributed by atoms with E-state index in [0.29, 0.717) is 17.7 Å². The molecule has 126 valence electrons. The summed E-state index contributed by atoms with van der Waals surface area (Å²) in [6, 6.07) is 27.6. The molecule has 2 nitrogen and oxygen atoms in total. The number of aldehydes is 1. The molecule has 0 heterocycles. The summed E-state index contributed by atoms with van der Waals surface area (Å²) in [4.78, 5) is 11.3. The maximum absolute atomic E-state index is 11.3. The Balaban J connectivity index is 1.83. The lowest BCUT2D eigenvalue weighted by atomic mass is 9.93. The molecule has 0 aliphatic carbocycles. The van der Waals surface area contributed by atoms with Crippen LogP contribution < -0.4 is 0 Å². The van der Waals surface area contributed by atoms with Gasteiger partial charge in [-0.2, -0.15) is 0 Å². The Morgan fingerprint density at radius 3 is 2.27 bits per heavy atom. The highest BCUT2D eigenvalue weighted by Gasteiger charge is 2.10. The third-order valence-corrected chi connectivity index (χ3v) is 4.71. The number of aromatic hydroxyl groups is 1. The van der Waals surface area contributed by atoms with Crippen LogP contribution in [0.15, 0.2) is 84.9 Å². The van der Waals surface area contributed by atoms with Crippen LogP contribution in [0.3, 0.4) is 0 Å². The van der Waals surface area contributed by atoms with Gasteiger partial charge in [-0.3, -0.25) is 4.79 Å².